The summed E-state index contributed by atoms with van der Waals surface area (Å²) >= 11 is 0. The molecule has 0 saturated carbocycles. The van der Waals surface area contributed by atoms with Gasteiger partial charge in [0, 0.05) is 12.0 Å². The third-order valence-corrected chi connectivity index (χ3v) is 3.46. The molecule has 1 aromatic heterocycles. The van der Waals surface area contributed by atoms with Crippen LogP contribution in [-0.4, -0.2) is 32.3 Å². The third kappa shape index (κ3) is 3.34. The first kappa shape index (κ1) is 15.9. The van der Waals surface area contributed by atoms with E-state index < -0.39 is 11.9 Å². The average molecular weight is 332 g/mol. The fraction of sp³-hybridized carbons (Fsp3) is 0.294. The van der Waals surface area contributed by atoms with Gasteiger partial charge in [-0.15, -0.1) is 0 Å². The summed E-state index contributed by atoms with van der Waals surface area (Å²) in [5, 5.41) is 0. The average Bonchev–Trinajstić information content (AvgIpc) is 2.95. The van der Waals surface area contributed by atoms with Crippen LogP contribution in [0.4, 0.5) is 0 Å². The Morgan fingerprint density at radius 3 is 2.67 bits per heavy atom. The Bertz CT molecular complexity index is 747. The minimum Gasteiger partial charge on any atom is -0.490 e. The van der Waals surface area contributed by atoms with Crippen molar-refractivity contribution < 1.29 is 33.0 Å². The first-order valence-electron chi connectivity index (χ1n) is 7.40. The van der Waals surface area contributed by atoms with Gasteiger partial charge in [-0.1, -0.05) is 0 Å². The van der Waals surface area contributed by atoms with Crippen molar-refractivity contribution in [3.8, 4) is 11.5 Å². The molecule has 3 rings (SSSR count). The van der Waals surface area contributed by atoms with Crippen LogP contribution in [0.2, 0.25) is 0 Å². The van der Waals surface area contributed by atoms with E-state index in [4.69, 9.17) is 18.6 Å². The van der Waals surface area contributed by atoms with Crippen molar-refractivity contribution in [3.05, 3.63) is 47.4 Å². The first-order valence-corrected chi connectivity index (χ1v) is 7.40. The Hall–Kier alpha value is -2.96. The lowest BCUT2D eigenvalue weighted by Crippen LogP contribution is -2.08. The summed E-state index contributed by atoms with van der Waals surface area (Å²) in [6.45, 7) is 1.00. The number of rotatable bonds is 4. The summed E-state index contributed by atoms with van der Waals surface area (Å²) < 4.78 is 25.9. The van der Waals surface area contributed by atoms with Crippen LogP contribution in [0.25, 0.3) is 0 Å². The zero-order chi connectivity index (χ0) is 16.9. The number of benzene rings is 1. The van der Waals surface area contributed by atoms with Crippen LogP contribution < -0.4 is 9.47 Å². The lowest BCUT2D eigenvalue weighted by Gasteiger charge is -2.09. The van der Waals surface area contributed by atoms with E-state index in [1.54, 1.807) is 24.3 Å². The zero-order valence-corrected chi connectivity index (χ0v) is 13.1. The van der Waals surface area contributed by atoms with Gasteiger partial charge in [0.2, 0.25) is 5.76 Å². The van der Waals surface area contributed by atoms with Gasteiger partial charge in [-0.05, 0) is 24.3 Å². The van der Waals surface area contributed by atoms with Crippen LogP contribution >= 0.6 is 0 Å². The molecule has 126 valence electrons. The Morgan fingerprint density at radius 1 is 1.08 bits per heavy atom. The Morgan fingerprint density at radius 2 is 1.88 bits per heavy atom. The van der Waals surface area contributed by atoms with Crippen molar-refractivity contribution in [2.75, 3.05) is 20.3 Å². The second-order valence-corrected chi connectivity index (χ2v) is 5.05. The van der Waals surface area contributed by atoms with Crippen molar-refractivity contribution >= 4 is 11.9 Å². The van der Waals surface area contributed by atoms with E-state index >= 15 is 0 Å². The van der Waals surface area contributed by atoms with E-state index in [1.807, 2.05) is 0 Å². The van der Waals surface area contributed by atoms with E-state index in [9.17, 15) is 9.59 Å². The van der Waals surface area contributed by atoms with Gasteiger partial charge in [0.25, 0.3) is 0 Å². The third-order valence-electron chi connectivity index (χ3n) is 3.46. The molecule has 0 amide bonds. The van der Waals surface area contributed by atoms with E-state index in [-0.39, 0.29) is 12.4 Å². The number of furan rings is 1. The number of methoxy groups -OCH3 is 1. The van der Waals surface area contributed by atoms with Crippen molar-refractivity contribution in [3.63, 3.8) is 0 Å². The molecule has 7 nitrogen and oxygen atoms in total. The SMILES string of the molecule is COC(=O)c1occc1COC(=O)c1ccc2c(c1)OCCCO2. The van der Waals surface area contributed by atoms with E-state index in [0.717, 1.165) is 6.42 Å². The standard InChI is InChI=1S/C17H16O7/c1-20-17(19)15-12(5-8-23-15)10-24-16(18)11-3-4-13-14(9-11)22-7-2-6-21-13/h3-5,8-9H,2,6-7,10H2,1H3. The molecule has 1 aromatic carbocycles. The van der Waals surface area contributed by atoms with Crippen LogP contribution in [0.1, 0.15) is 32.9 Å². The van der Waals surface area contributed by atoms with E-state index in [0.29, 0.717) is 35.8 Å². The molecule has 0 bridgehead atoms. The molecule has 0 atom stereocenters. The first-order chi connectivity index (χ1) is 11.7. The molecule has 0 unspecified atom stereocenters. The van der Waals surface area contributed by atoms with Gasteiger partial charge < -0.3 is 23.4 Å². The second kappa shape index (κ2) is 7.08. The molecule has 0 saturated heterocycles. The molecular weight excluding hydrogens is 316 g/mol. The molecule has 1 aliphatic heterocycles. The molecule has 0 spiro atoms. The summed E-state index contributed by atoms with van der Waals surface area (Å²) in [5.74, 6) is -0.0272. The van der Waals surface area contributed by atoms with Gasteiger partial charge in [0.15, 0.2) is 11.5 Å². The van der Waals surface area contributed by atoms with Crippen LogP contribution in [0.15, 0.2) is 34.9 Å². The van der Waals surface area contributed by atoms with Gasteiger partial charge >= 0.3 is 11.9 Å². The van der Waals surface area contributed by atoms with Gasteiger partial charge in [-0.25, -0.2) is 9.59 Å². The highest BCUT2D eigenvalue weighted by atomic mass is 16.5. The number of carbonyl (C=O) groups is 2. The topological polar surface area (TPSA) is 84.2 Å². The molecule has 2 heterocycles. The minimum absolute atomic E-state index is 0.0176. The van der Waals surface area contributed by atoms with E-state index in [2.05, 4.69) is 4.74 Å². The van der Waals surface area contributed by atoms with Crippen molar-refractivity contribution in [2.45, 2.75) is 13.0 Å². The lowest BCUT2D eigenvalue weighted by molar-refractivity contribution is 0.0453. The maximum absolute atomic E-state index is 12.2. The maximum atomic E-state index is 12.2. The van der Waals surface area contributed by atoms with Crippen LogP contribution in [0, 0.1) is 0 Å². The van der Waals surface area contributed by atoms with Gasteiger partial charge in [0.1, 0.15) is 6.61 Å². The second-order valence-electron chi connectivity index (χ2n) is 5.05. The predicted octanol–water partition coefficient (Wildman–Crippen LogP) is 2.58. The summed E-state index contributed by atoms with van der Waals surface area (Å²) in [6, 6.07) is 6.41. The Kier molecular flexibility index (Phi) is 4.69. The summed E-state index contributed by atoms with van der Waals surface area (Å²) in [5.41, 5.74) is 0.770. The Labute approximate surface area is 138 Å². The number of fused-ring (bicyclic) bond motifs is 1. The molecule has 7 heteroatoms. The highest BCUT2D eigenvalue weighted by molar-refractivity contribution is 5.91. The van der Waals surface area contributed by atoms with Crippen molar-refractivity contribution in [1.29, 1.82) is 0 Å². The van der Waals surface area contributed by atoms with Crippen molar-refractivity contribution in [2.24, 2.45) is 0 Å². The molecule has 0 aliphatic carbocycles. The number of esters is 2. The van der Waals surface area contributed by atoms with Crippen LogP contribution in [0.5, 0.6) is 11.5 Å². The quantitative estimate of drug-likeness (QED) is 0.796. The largest absolute Gasteiger partial charge is 0.490 e. The van der Waals surface area contributed by atoms with Gasteiger partial charge in [-0.2, -0.15) is 0 Å². The maximum Gasteiger partial charge on any atom is 0.374 e. The zero-order valence-electron chi connectivity index (χ0n) is 13.1. The predicted molar refractivity (Wildman–Crippen MR) is 81.2 cm³/mol. The van der Waals surface area contributed by atoms with Crippen LogP contribution in [0.3, 0.4) is 0 Å². The number of carbonyl (C=O) groups excluding carboxylic acids is 2. The highest BCUT2D eigenvalue weighted by Gasteiger charge is 2.19. The molecule has 2 aromatic rings. The smallest absolute Gasteiger partial charge is 0.374 e. The number of hydrogen-bond donors (Lipinski definition) is 0. The molecule has 24 heavy (non-hydrogen) atoms. The Balaban J connectivity index is 1.69. The number of hydrogen-bond acceptors (Lipinski definition) is 7. The van der Waals surface area contributed by atoms with Gasteiger partial charge in [-0.3, -0.25) is 0 Å². The molecular formula is C17H16O7. The minimum atomic E-state index is -0.623. The summed E-state index contributed by atoms with van der Waals surface area (Å²) in [6.07, 6.45) is 2.12. The molecule has 0 N–H and O–H groups in total. The number of ether oxygens (including phenoxy) is 4. The van der Waals surface area contributed by atoms with Crippen LogP contribution in [-0.2, 0) is 16.1 Å². The molecule has 1 aliphatic rings. The lowest BCUT2D eigenvalue weighted by atomic mass is 10.2. The highest BCUT2D eigenvalue weighted by Crippen LogP contribution is 2.30. The summed E-state index contributed by atoms with van der Waals surface area (Å²) in [4.78, 5) is 23.7. The molecule has 0 radical (unpaired) electrons. The van der Waals surface area contributed by atoms with E-state index in [1.165, 1.54) is 13.4 Å². The monoisotopic (exact) mass is 332 g/mol. The summed E-state index contributed by atoms with van der Waals surface area (Å²) in [7, 11) is 1.25. The fourth-order valence-electron chi connectivity index (χ4n) is 2.24. The van der Waals surface area contributed by atoms with Crippen molar-refractivity contribution in [1.82, 2.24) is 0 Å². The normalized spacial score (nSPS) is 13.0. The van der Waals surface area contributed by atoms with Gasteiger partial charge in [0.05, 0.1) is 32.2 Å². The fourth-order valence-corrected chi connectivity index (χ4v) is 2.24. The molecule has 0 fully saturated rings.